The maximum Gasteiger partial charge on any atom is 0.270 e. The fourth-order valence-electron chi connectivity index (χ4n) is 3.35. The number of non-ortho nitro benzene ring substituents is 3. The number of nitrogens with zero attached hydrogens (tertiary/aromatic N) is 7. The quantitative estimate of drug-likeness (QED) is 0.175. The highest BCUT2D eigenvalue weighted by Gasteiger charge is 2.22. The van der Waals surface area contributed by atoms with Crippen LogP contribution in [0.4, 0.5) is 17.1 Å². The third kappa shape index (κ3) is 6.44. The van der Waals surface area contributed by atoms with Gasteiger partial charge in [0.2, 0.25) is 0 Å². The summed E-state index contributed by atoms with van der Waals surface area (Å²) in [6.07, 6.45) is 2.13. The Balaban J connectivity index is 1.94. The van der Waals surface area contributed by atoms with Crippen LogP contribution >= 0.6 is 0 Å². The SMILES string of the molecule is CN(/N=C\c1cccc([N+](=O)[O-])c1)C(c1cccc([N+](=O)[O-])c1)N(C)/N=C/c1cccc([N+](=O)[O-])c1. The molecule has 13 heteroatoms. The number of hydrogen-bond donors (Lipinski definition) is 0. The summed E-state index contributed by atoms with van der Waals surface area (Å²) < 4.78 is 0. The molecule has 0 N–H and O–H groups in total. The molecule has 0 bridgehead atoms. The van der Waals surface area contributed by atoms with Crippen LogP contribution in [0.1, 0.15) is 22.9 Å². The van der Waals surface area contributed by atoms with Crippen molar-refractivity contribution in [3.8, 4) is 0 Å². The molecule has 1 unspecified atom stereocenters. The molecule has 0 saturated heterocycles. The Hall–Kier alpha value is -5.20. The number of benzene rings is 3. The van der Waals surface area contributed by atoms with Gasteiger partial charge in [0.05, 0.1) is 27.2 Å². The van der Waals surface area contributed by atoms with Crippen molar-refractivity contribution >= 4 is 29.5 Å². The molecule has 0 amide bonds. The van der Waals surface area contributed by atoms with Crippen LogP contribution in [0.15, 0.2) is 83.0 Å². The van der Waals surface area contributed by atoms with Gasteiger partial charge in [-0.25, -0.2) is 0 Å². The average Bonchev–Trinajstić information content (AvgIpc) is 2.87. The molecule has 184 valence electrons. The second-order valence-corrected chi connectivity index (χ2v) is 7.57. The van der Waals surface area contributed by atoms with Crippen molar-refractivity contribution in [2.75, 3.05) is 14.1 Å². The van der Waals surface area contributed by atoms with Gasteiger partial charge in [-0.3, -0.25) is 40.4 Å². The second kappa shape index (κ2) is 11.3. The zero-order valence-corrected chi connectivity index (χ0v) is 19.2. The number of hydrazone groups is 2. The molecular weight excluding hydrogens is 470 g/mol. The monoisotopic (exact) mass is 491 g/mol. The minimum Gasteiger partial charge on any atom is -0.272 e. The van der Waals surface area contributed by atoms with Gasteiger partial charge in [-0.05, 0) is 0 Å². The van der Waals surface area contributed by atoms with E-state index in [-0.39, 0.29) is 17.1 Å². The van der Waals surface area contributed by atoms with Gasteiger partial charge in [0.15, 0.2) is 6.17 Å². The van der Waals surface area contributed by atoms with E-state index in [1.165, 1.54) is 77.0 Å². The number of rotatable bonds is 10. The molecule has 3 rings (SSSR count). The predicted octanol–water partition coefficient (Wildman–Crippen LogP) is 4.34. The van der Waals surface area contributed by atoms with Crippen molar-refractivity contribution in [1.29, 1.82) is 0 Å². The van der Waals surface area contributed by atoms with Gasteiger partial charge < -0.3 is 0 Å². The summed E-state index contributed by atoms with van der Waals surface area (Å²) in [5, 5.41) is 45.1. The minimum absolute atomic E-state index is 0.0875. The summed E-state index contributed by atoms with van der Waals surface area (Å²) >= 11 is 0. The van der Waals surface area contributed by atoms with E-state index >= 15 is 0 Å². The van der Waals surface area contributed by atoms with Crippen LogP contribution in [-0.4, -0.2) is 51.3 Å². The molecule has 0 radical (unpaired) electrons. The maximum atomic E-state index is 11.3. The second-order valence-electron chi connectivity index (χ2n) is 7.57. The number of nitro benzene ring substituents is 3. The highest BCUT2D eigenvalue weighted by molar-refractivity contribution is 5.81. The van der Waals surface area contributed by atoms with Gasteiger partial charge >= 0.3 is 0 Å². The van der Waals surface area contributed by atoms with Crippen LogP contribution in [0.2, 0.25) is 0 Å². The molecular formula is C23H21N7O6. The number of nitro groups is 3. The van der Waals surface area contributed by atoms with E-state index in [9.17, 15) is 30.3 Å². The largest absolute Gasteiger partial charge is 0.272 e. The Labute approximate surface area is 205 Å². The Bertz CT molecular complexity index is 1270. The highest BCUT2D eigenvalue weighted by Crippen LogP contribution is 2.27. The van der Waals surface area contributed by atoms with E-state index in [1.807, 2.05) is 0 Å². The van der Waals surface area contributed by atoms with Crippen LogP contribution in [0.5, 0.6) is 0 Å². The minimum atomic E-state index is -0.727. The first kappa shape index (κ1) is 25.4. The molecule has 0 fully saturated rings. The molecule has 3 aromatic carbocycles. The molecule has 0 spiro atoms. The van der Waals surface area contributed by atoms with E-state index < -0.39 is 20.9 Å². The van der Waals surface area contributed by atoms with Crippen molar-refractivity contribution in [2.45, 2.75) is 6.17 Å². The fraction of sp³-hybridized carbons (Fsp3) is 0.130. The van der Waals surface area contributed by atoms with E-state index in [2.05, 4.69) is 10.2 Å². The Morgan fingerprint density at radius 2 is 1.06 bits per heavy atom. The predicted molar refractivity (Wildman–Crippen MR) is 133 cm³/mol. The molecule has 0 aliphatic heterocycles. The molecule has 0 aliphatic rings. The average molecular weight is 491 g/mol. The lowest BCUT2D eigenvalue weighted by atomic mass is 10.1. The third-order valence-electron chi connectivity index (χ3n) is 5.03. The lowest BCUT2D eigenvalue weighted by molar-refractivity contribution is -0.385. The first-order valence-corrected chi connectivity index (χ1v) is 10.4. The van der Waals surface area contributed by atoms with Gasteiger partial charge in [-0.2, -0.15) is 10.2 Å². The van der Waals surface area contributed by atoms with Gasteiger partial charge in [-0.15, -0.1) is 0 Å². The smallest absolute Gasteiger partial charge is 0.270 e. The van der Waals surface area contributed by atoms with Crippen LogP contribution < -0.4 is 0 Å². The molecule has 36 heavy (non-hydrogen) atoms. The summed E-state index contributed by atoms with van der Waals surface area (Å²) in [6, 6.07) is 17.8. The summed E-state index contributed by atoms with van der Waals surface area (Å²) in [5.41, 5.74) is 1.17. The fourth-order valence-corrected chi connectivity index (χ4v) is 3.35. The molecule has 0 heterocycles. The van der Waals surface area contributed by atoms with Crippen molar-refractivity contribution < 1.29 is 14.8 Å². The summed E-state index contributed by atoms with van der Waals surface area (Å²) in [6.45, 7) is 0. The van der Waals surface area contributed by atoms with Gasteiger partial charge in [0.25, 0.3) is 17.1 Å². The van der Waals surface area contributed by atoms with E-state index in [0.29, 0.717) is 16.7 Å². The lowest BCUT2D eigenvalue weighted by Crippen LogP contribution is -2.31. The van der Waals surface area contributed by atoms with Crippen LogP contribution in [0.25, 0.3) is 0 Å². The molecule has 0 aromatic heterocycles. The summed E-state index contributed by atoms with van der Waals surface area (Å²) in [7, 11) is 3.24. The maximum absolute atomic E-state index is 11.3. The van der Waals surface area contributed by atoms with Crippen LogP contribution in [0.3, 0.4) is 0 Å². The topological polar surface area (TPSA) is 161 Å². The van der Waals surface area contributed by atoms with Crippen molar-refractivity contribution in [3.63, 3.8) is 0 Å². The normalized spacial score (nSPS) is 11.9. The van der Waals surface area contributed by atoms with E-state index in [4.69, 9.17) is 0 Å². The summed E-state index contributed by atoms with van der Waals surface area (Å²) in [5.74, 6) is 0. The molecule has 0 aliphatic carbocycles. The van der Waals surface area contributed by atoms with Crippen LogP contribution in [-0.2, 0) is 0 Å². The van der Waals surface area contributed by atoms with Crippen molar-refractivity contribution in [2.24, 2.45) is 10.2 Å². The number of hydrogen-bond acceptors (Lipinski definition) is 10. The molecule has 0 saturated carbocycles. The van der Waals surface area contributed by atoms with E-state index in [0.717, 1.165) is 0 Å². The zero-order valence-electron chi connectivity index (χ0n) is 19.2. The Morgan fingerprint density at radius 1 is 0.667 bits per heavy atom. The Morgan fingerprint density at radius 3 is 1.47 bits per heavy atom. The van der Waals surface area contributed by atoms with E-state index in [1.54, 1.807) is 32.3 Å². The standard InChI is InChI=1S/C23H21N7O6/c1-26(24-15-17-6-3-9-20(12-17)28(31)32)23(19-8-5-11-22(14-19)30(35)36)27(2)25-16-18-7-4-10-21(13-18)29(33)34/h3-16,23H,1-2H3/b24-15-,25-16+. The molecule has 13 nitrogen and oxygen atoms in total. The van der Waals surface area contributed by atoms with Gasteiger partial charge in [0, 0.05) is 67.2 Å². The first-order chi connectivity index (χ1) is 17.2. The van der Waals surface area contributed by atoms with Crippen LogP contribution in [0, 0.1) is 30.3 Å². The zero-order chi connectivity index (χ0) is 26.2. The van der Waals surface area contributed by atoms with Gasteiger partial charge in [0.1, 0.15) is 0 Å². The van der Waals surface area contributed by atoms with Crippen molar-refractivity contribution in [1.82, 2.24) is 10.0 Å². The summed E-state index contributed by atoms with van der Waals surface area (Å²) in [4.78, 5) is 31.9. The van der Waals surface area contributed by atoms with Gasteiger partial charge in [-0.1, -0.05) is 36.4 Å². The first-order valence-electron chi connectivity index (χ1n) is 10.4. The highest BCUT2D eigenvalue weighted by atomic mass is 16.6. The Kier molecular flexibility index (Phi) is 7.97. The lowest BCUT2D eigenvalue weighted by Gasteiger charge is -2.32. The van der Waals surface area contributed by atoms with Crippen molar-refractivity contribution in [3.05, 3.63) is 120 Å². The molecule has 3 aromatic rings. The molecule has 1 atom stereocenters. The third-order valence-corrected chi connectivity index (χ3v) is 5.03.